The van der Waals surface area contributed by atoms with Crippen LogP contribution in [-0.2, 0) is 4.79 Å². The summed E-state index contributed by atoms with van der Waals surface area (Å²) in [6.07, 6.45) is 5.32. The zero-order valence-corrected chi connectivity index (χ0v) is 7.06. The zero-order chi connectivity index (χ0) is 7.98. The fourth-order valence-corrected chi connectivity index (χ4v) is 0.760. The highest BCUT2D eigenvalue weighted by atomic mass is 35.5. The van der Waals surface area contributed by atoms with Gasteiger partial charge in [0.05, 0.1) is 5.38 Å². The molecule has 0 bridgehead atoms. The summed E-state index contributed by atoms with van der Waals surface area (Å²) in [5, 5.41) is -0.0355. The molecule has 0 radical (unpaired) electrons. The van der Waals surface area contributed by atoms with Crippen LogP contribution >= 0.6 is 23.2 Å². The predicted octanol–water partition coefficient (Wildman–Crippen LogP) is 2.49. The molecule has 1 atom stereocenters. The van der Waals surface area contributed by atoms with Gasteiger partial charge in [-0.2, -0.15) is 0 Å². The van der Waals surface area contributed by atoms with Gasteiger partial charge >= 0.3 is 0 Å². The van der Waals surface area contributed by atoms with Gasteiger partial charge in [0.15, 0.2) is 0 Å². The molecule has 0 rings (SSSR count). The van der Waals surface area contributed by atoms with E-state index in [1.807, 2.05) is 6.92 Å². The molecule has 0 aliphatic carbocycles. The van der Waals surface area contributed by atoms with Crippen molar-refractivity contribution in [2.75, 3.05) is 0 Å². The van der Waals surface area contributed by atoms with Gasteiger partial charge in [0.2, 0.25) is 0 Å². The van der Waals surface area contributed by atoms with Crippen molar-refractivity contribution in [3.8, 4) is 0 Å². The molecule has 3 heteroatoms. The Hall–Kier alpha value is -0.270. The van der Waals surface area contributed by atoms with Gasteiger partial charge in [-0.1, -0.05) is 23.8 Å². The standard InChI is InChI=1S/C7H8Cl2O/c1-2-3-6(8)7(9)4-5-10/h2-6H,1H3/b3-2?,7-4-. The molecule has 0 aromatic carbocycles. The van der Waals surface area contributed by atoms with Gasteiger partial charge in [-0.05, 0) is 13.0 Å². The Bertz CT molecular complexity index is 161. The maximum atomic E-state index is 9.88. The average Bonchev–Trinajstić information content (AvgIpc) is 1.89. The Morgan fingerprint density at radius 3 is 2.60 bits per heavy atom. The molecule has 0 saturated heterocycles. The molecule has 0 fully saturated rings. The lowest BCUT2D eigenvalue weighted by atomic mass is 10.3. The van der Waals surface area contributed by atoms with Crippen molar-refractivity contribution >= 4 is 29.5 Å². The van der Waals surface area contributed by atoms with Crippen LogP contribution in [-0.4, -0.2) is 11.7 Å². The minimum absolute atomic E-state index is 0.342. The van der Waals surface area contributed by atoms with Crippen LogP contribution in [0.25, 0.3) is 0 Å². The Labute approximate surface area is 70.3 Å². The summed E-state index contributed by atoms with van der Waals surface area (Å²) in [5.74, 6) is 0. The smallest absolute Gasteiger partial charge is 0.144 e. The van der Waals surface area contributed by atoms with Crippen molar-refractivity contribution < 1.29 is 4.79 Å². The fourth-order valence-electron chi connectivity index (χ4n) is 0.418. The van der Waals surface area contributed by atoms with E-state index in [0.717, 1.165) is 0 Å². The topological polar surface area (TPSA) is 17.1 Å². The van der Waals surface area contributed by atoms with E-state index in [2.05, 4.69) is 0 Å². The van der Waals surface area contributed by atoms with E-state index < -0.39 is 0 Å². The van der Waals surface area contributed by atoms with Crippen molar-refractivity contribution in [2.45, 2.75) is 12.3 Å². The summed E-state index contributed by atoms with van der Waals surface area (Å²) in [6, 6.07) is 0. The summed E-state index contributed by atoms with van der Waals surface area (Å²) in [4.78, 5) is 9.88. The molecule has 0 amide bonds. The third-order valence-corrected chi connectivity index (χ3v) is 1.71. The molecule has 0 aliphatic heterocycles. The first-order valence-electron chi connectivity index (χ1n) is 2.80. The second-order valence-corrected chi connectivity index (χ2v) is 2.52. The summed E-state index contributed by atoms with van der Waals surface area (Å²) in [7, 11) is 0. The number of allylic oxidation sites excluding steroid dienone is 4. The van der Waals surface area contributed by atoms with E-state index in [0.29, 0.717) is 11.3 Å². The SMILES string of the molecule is CC=CC(Cl)/C(Cl)=C/C=O. The number of rotatable bonds is 3. The highest BCUT2D eigenvalue weighted by Crippen LogP contribution is 2.14. The lowest BCUT2D eigenvalue weighted by Gasteiger charge is -1.97. The maximum absolute atomic E-state index is 9.88. The van der Waals surface area contributed by atoms with Gasteiger partial charge in [-0.3, -0.25) is 4.79 Å². The summed E-state index contributed by atoms with van der Waals surface area (Å²) in [5.41, 5.74) is 0. The van der Waals surface area contributed by atoms with Crippen LogP contribution in [0.1, 0.15) is 6.92 Å². The van der Waals surface area contributed by atoms with Crippen LogP contribution in [0, 0.1) is 0 Å². The van der Waals surface area contributed by atoms with E-state index in [1.54, 1.807) is 12.2 Å². The van der Waals surface area contributed by atoms with Gasteiger partial charge in [-0.15, -0.1) is 11.6 Å². The van der Waals surface area contributed by atoms with Gasteiger partial charge in [-0.25, -0.2) is 0 Å². The quantitative estimate of drug-likeness (QED) is 0.281. The van der Waals surface area contributed by atoms with Crippen molar-refractivity contribution in [3.05, 3.63) is 23.3 Å². The lowest BCUT2D eigenvalue weighted by molar-refractivity contribution is -0.104. The molecule has 0 spiro atoms. The van der Waals surface area contributed by atoms with Crippen molar-refractivity contribution in [1.29, 1.82) is 0 Å². The van der Waals surface area contributed by atoms with Crippen LogP contribution in [0.4, 0.5) is 0 Å². The zero-order valence-electron chi connectivity index (χ0n) is 5.55. The van der Waals surface area contributed by atoms with Crippen LogP contribution in [0.2, 0.25) is 0 Å². The first-order valence-corrected chi connectivity index (χ1v) is 3.61. The van der Waals surface area contributed by atoms with Gasteiger partial charge < -0.3 is 0 Å². The number of carbonyl (C=O) groups excluding carboxylic acids is 1. The van der Waals surface area contributed by atoms with E-state index in [9.17, 15) is 4.79 Å². The summed E-state index contributed by atoms with van der Waals surface area (Å²) in [6.45, 7) is 1.83. The average molecular weight is 179 g/mol. The highest BCUT2D eigenvalue weighted by Gasteiger charge is 2.01. The minimum atomic E-state index is -0.378. The fraction of sp³-hybridized carbons (Fsp3) is 0.286. The Morgan fingerprint density at radius 1 is 1.60 bits per heavy atom. The summed E-state index contributed by atoms with van der Waals surface area (Å²) < 4.78 is 0. The van der Waals surface area contributed by atoms with E-state index in [4.69, 9.17) is 23.2 Å². The molecule has 0 saturated carbocycles. The number of alkyl halides is 1. The number of halogens is 2. The Morgan fingerprint density at radius 2 is 2.20 bits per heavy atom. The molecule has 0 aliphatic rings. The van der Waals surface area contributed by atoms with Crippen LogP contribution in [0.3, 0.4) is 0 Å². The molecule has 10 heavy (non-hydrogen) atoms. The Kier molecular flexibility index (Phi) is 5.36. The summed E-state index contributed by atoms with van der Waals surface area (Å²) >= 11 is 11.2. The number of hydrogen-bond donors (Lipinski definition) is 0. The van der Waals surface area contributed by atoms with E-state index in [1.165, 1.54) is 6.08 Å². The second kappa shape index (κ2) is 5.51. The minimum Gasteiger partial charge on any atom is -0.299 e. The van der Waals surface area contributed by atoms with Crippen molar-refractivity contribution in [3.63, 3.8) is 0 Å². The normalized spacial score (nSPS) is 15.7. The second-order valence-electron chi connectivity index (χ2n) is 1.62. The van der Waals surface area contributed by atoms with Gasteiger partial charge in [0.1, 0.15) is 6.29 Å². The molecule has 0 aromatic rings. The first-order chi connectivity index (χ1) is 4.72. The van der Waals surface area contributed by atoms with Crippen molar-refractivity contribution in [1.82, 2.24) is 0 Å². The molecular weight excluding hydrogens is 171 g/mol. The monoisotopic (exact) mass is 178 g/mol. The largest absolute Gasteiger partial charge is 0.299 e. The highest BCUT2D eigenvalue weighted by molar-refractivity contribution is 6.38. The van der Waals surface area contributed by atoms with Crippen LogP contribution in [0.15, 0.2) is 23.3 Å². The third kappa shape index (κ3) is 3.70. The molecule has 0 N–H and O–H groups in total. The molecule has 0 heterocycles. The Balaban J connectivity index is 4.05. The van der Waals surface area contributed by atoms with Crippen molar-refractivity contribution in [2.24, 2.45) is 0 Å². The predicted molar refractivity (Wildman–Crippen MR) is 44.5 cm³/mol. The molecule has 0 aromatic heterocycles. The van der Waals surface area contributed by atoms with Crippen LogP contribution < -0.4 is 0 Å². The maximum Gasteiger partial charge on any atom is 0.144 e. The molecule has 1 nitrogen and oxygen atoms in total. The number of aldehydes is 1. The molecule has 56 valence electrons. The molecule has 1 unspecified atom stereocenters. The van der Waals surface area contributed by atoms with E-state index in [-0.39, 0.29) is 5.38 Å². The lowest BCUT2D eigenvalue weighted by Crippen LogP contribution is -1.92. The van der Waals surface area contributed by atoms with Crippen LogP contribution in [0.5, 0.6) is 0 Å². The third-order valence-electron chi connectivity index (χ3n) is 0.852. The van der Waals surface area contributed by atoms with Gasteiger partial charge in [0.25, 0.3) is 0 Å². The van der Waals surface area contributed by atoms with Gasteiger partial charge in [0, 0.05) is 5.03 Å². The first kappa shape index (κ1) is 9.73. The molecular formula is C7H8Cl2O. The number of hydrogen-bond acceptors (Lipinski definition) is 1. The number of carbonyl (C=O) groups is 1. The van der Waals surface area contributed by atoms with E-state index >= 15 is 0 Å².